The van der Waals surface area contributed by atoms with Gasteiger partial charge in [0.1, 0.15) is 0 Å². The van der Waals surface area contributed by atoms with Crippen molar-refractivity contribution in [3.05, 3.63) is 44.7 Å². The molecule has 0 saturated heterocycles. The summed E-state index contributed by atoms with van der Waals surface area (Å²) in [6.45, 7) is 1.17. The summed E-state index contributed by atoms with van der Waals surface area (Å²) >= 11 is 8.55. The molecule has 23 heavy (non-hydrogen) atoms. The van der Waals surface area contributed by atoms with Gasteiger partial charge in [-0.3, -0.25) is 14.5 Å². The Bertz CT molecular complexity index is 817. The number of H-pyrrole nitrogens is 1. The van der Waals surface area contributed by atoms with Crippen LogP contribution in [0.3, 0.4) is 0 Å². The summed E-state index contributed by atoms with van der Waals surface area (Å²) < 4.78 is 2.43. The lowest BCUT2D eigenvalue weighted by Crippen LogP contribution is -2.26. The molecule has 0 aromatic carbocycles. The lowest BCUT2D eigenvalue weighted by atomic mass is 10.3. The maximum atomic E-state index is 12.3. The fourth-order valence-corrected chi connectivity index (χ4v) is 3.94. The number of carbonyl (C=O) groups excluding carboxylic acids is 1. The van der Waals surface area contributed by atoms with Crippen LogP contribution in [0.1, 0.15) is 11.3 Å². The predicted octanol–water partition coefficient (Wildman–Crippen LogP) is 3.78. The number of aromatic amines is 1. The van der Waals surface area contributed by atoms with Crippen LogP contribution in [0.2, 0.25) is 0 Å². The fraction of sp³-hybridized carbons (Fsp3) is 0.267. The van der Waals surface area contributed by atoms with Gasteiger partial charge in [0.2, 0.25) is 5.91 Å². The Labute approximate surface area is 147 Å². The molecule has 1 N–H and O–H groups in total. The summed E-state index contributed by atoms with van der Waals surface area (Å²) in [6.07, 6.45) is 0.397. The van der Waals surface area contributed by atoms with Crippen LogP contribution in [0.15, 0.2) is 35.0 Å². The molecule has 0 radical (unpaired) electrons. The highest BCUT2D eigenvalue weighted by molar-refractivity contribution is 7.71. The number of thiophene rings is 2. The molecular formula is C15H16N4OS3. The Morgan fingerprint density at radius 2 is 2.13 bits per heavy atom. The first kappa shape index (κ1) is 16.1. The Balaban J connectivity index is 1.65. The molecular weight excluding hydrogens is 348 g/mol. The van der Waals surface area contributed by atoms with Crippen molar-refractivity contribution in [3.63, 3.8) is 0 Å². The van der Waals surface area contributed by atoms with Crippen molar-refractivity contribution in [2.45, 2.75) is 19.5 Å². The molecule has 0 unspecified atom stereocenters. The minimum atomic E-state index is 0.0960. The standard InChI is InChI=1S/C15H16N4OS3/c1-18(10-11-4-2-8-22-11)13(20)6-7-19-14(16-17-15(19)21)12-5-3-9-23-12/h2-5,8-9H,6-7,10H2,1H3,(H,17,21). The molecule has 0 saturated carbocycles. The van der Waals surface area contributed by atoms with E-state index in [1.54, 1.807) is 27.6 Å². The molecule has 0 spiro atoms. The highest BCUT2D eigenvalue weighted by atomic mass is 32.1. The summed E-state index contributed by atoms with van der Waals surface area (Å²) in [6, 6.07) is 8.00. The van der Waals surface area contributed by atoms with Crippen molar-refractivity contribution in [2.24, 2.45) is 0 Å². The topological polar surface area (TPSA) is 53.9 Å². The van der Waals surface area contributed by atoms with Gasteiger partial charge in [-0.2, -0.15) is 5.10 Å². The molecule has 3 rings (SSSR count). The van der Waals surface area contributed by atoms with E-state index in [0.29, 0.717) is 24.3 Å². The second-order valence-electron chi connectivity index (χ2n) is 5.06. The van der Waals surface area contributed by atoms with Gasteiger partial charge in [-0.25, -0.2) is 0 Å². The Morgan fingerprint density at radius 3 is 2.83 bits per heavy atom. The van der Waals surface area contributed by atoms with E-state index in [2.05, 4.69) is 10.2 Å². The molecule has 0 aliphatic rings. The molecule has 8 heteroatoms. The van der Waals surface area contributed by atoms with Gasteiger partial charge in [-0.1, -0.05) is 12.1 Å². The number of hydrogen-bond acceptors (Lipinski definition) is 5. The third-order valence-corrected chi connectivity index (χ3v) is 5.49. The van der Waals surface area contributed by atoms with Crippen molar-refractivity contribution in [3.8, 4) is 10.7 Å². The zero-order valence-electron chi connectivity index (χ0n) is 12.6. The molecule has 120 valence electrons. The second-order valence-corrected chi connectivity index (χ2v) is 7.43. The van der Waals surface area contributed by atoms with Crippen LogP contribution in [0.5, 0.6) is 0 Å². The third-order valence-electron chi connectivity index (χ3n) is 3.45. The average Bonchev–Trinajstić information content (AvgIpc) is 3.26. The minimum absolute atomic E-state index is 0.0960. The monoisotopic (exact) mass is 364 g/mol. The molecule has 5 nitrogen and oxygen atoms in total. The van der Waals surface area contributed by atoms with Gasteiger partial charge in [0, 0.05) is 24.9 Å². The fourth-order valence-electron chi connectivity index (χ4n) is 2.24. The largest absolute Gasteiger partial charge is 0.341 e. The second kappa shape index (κ2) is 7.20. The smallest absolute Gasteiger partial charge is 0.224 e. The first-order valence-corrected chi connectivity index (χ1v) is 9.27. The maximum Gasteiger partial charge on any atom is 0.224 e. The van der Waals surface area contributed by atoms with Crippen LogP contribution >= 0.6 is 34.9 Å². The molecule has 0 bridgehead atoms. The Morgan fingerprint density at radius 1 is 1.35 bits per heavy atom. The highest BCUT2D eigenvalue weighted by Crippen LogP contribution is 2.23. The number of hydrogen-bond donors (Lipinski definition) is 1. The van der Waals surface area contributed by atoms with Crippen LogP contribution < -0.4 is 0 Å². The normalized spacial score (nSPS) is 10.8. The van der Waals surface area contributed by atoms with Gasteiger partial charge in [0.25, 0.3) is 0 Å². The lowest BCUT2D eigenvalue weighted by molar-refractivity contribution is -0.130. The van der Waals surface area contributed by atoms with Gasteiger partial charge >= 0.3 is 0 Å². The van der Waals surface area contributed by atoms with E-state index in [1.807, 2.05) is 46.6 Å². The predicted molar refractivity (Wildman–Crippen MR) is 96.1 cm³/mol. The molecule has 0 atom stereocenters. The Hall–Kier alpha value is -1.77. The number of carbonyl (C=O) groups is 1. The number of nitrogens with one attached hydrogen (secondary N) is 1. The highest BCUT2D eigenvalue weighted by Gasteiger charge is 2.14. The van der Waals surface area contributed by atoms with Crippen LogP contribution in [0.25, 0.3) is 10.7 Å². The molecule has 1 amide bonds. The van der Waals surface area contributed by atoms with Crippen molar-refractivity contribution < 1.29 is 4.79 Å². The quantitative estimate of drug-likeness (QED) is 0.677. The molecule has 0 fully saturated rings. The van der Waals surface area contributed by atoms with E-state index in [0.717, 1.165) is 10.7 Å². The first-order chi connectivity index (χ1) is 11.1. The van der Waals surface area contributed by atoms with E-state index in [4.69, 9.17) is 12.2 Å². The number of aromatic nitrogens is 3. The first-order valence-electron chi connectivity index (χ1n) is 7.10. The van der Waals surface area contributed by atoms with Gasteiger partial charge in [0.05, 0.1) is 11.4 Å². The molecule has 3 aromatic heterocycles. The molecule has 0 aliphatic carbocycles. The van der Waals surface area contributed by atoms with Crippen LogP contribution in [0, 0.1) is 4.77 Å². The molecule has 3 heterocycles. The van der Waals surface area contributed by atoms with Gasteiger partial charge in [0.15, 0.2) is 10.6 Å². The van der Waals surface area contributed by atoms with Crippen molar-refractivity contribution in [2.75, 3.05) is 7.05 Å². The number of amides is 1. The van der Waals surface area contributed by atoms with Crippen LogP contribution in [-0.4, -0.2) is 32.6 Å². The van der Waals surface area contributed by atoms with E-state index >= 15 is 0 Å². The lowest BCUT2D eigenvalue weighted by Gasteiger charge is -2.16. The summed E-state index contributed by atoms with van der Waals surface area (Å²) in [4.78, 5) is 16.3. The minimum Gasteiger partial charge on any atom is -0.341 e. The summed E-state index contributed by atoms with van der Waals surface area (Å²) in [5.41, 5.74) is 0. The van der Waals surface area contributed by atoms with Crippen molar-refractivity contribution in [1.29, 1.82) is 0 Å². The van der Waals surface area contributed by atoms with E-state index in [1.165, 1.54) is 4.88 Å². The zero-order valence-corrected chi connectivity index (χ0v) is 15.0. The van der Waals surface area contributed by atoms with Crippen molar-refractivity contribution >= 4 is 40.8 Å². The van der Waals surface area contributed by atoms with E-state index < -0.39 is 0 Å². The zero-order chi connectivity index (χ0) is 16.2. The maximum absolute atomic E-state index is 12.3. The SMILES string of the molecule is CN(Cc1cccs1)C(=O)CCn1c(-c2cccs2)n[nH]c1=S. The number of rotatable bonds is 6. The Kier molecular flexibility index (Phi) is 5.04. The van der Waals surface area contributed by atoms with Crippen molar-refractivity contribution in [1.82, 2.24) is 19.7 Å². The van der Waals surface area contributed by atoms with Crippen LogP contribution in [0.4, 0.5) is 0 Å². The van der Waals surface area contributed by atoms with E-state index in [9.17, 15) is 4.79 Å². The third kappa shape index (κ3) is 3.77. The average molecular weight is 365 g/mol. The van der Waals surface area contributed by atoms with Gasteiger partial charge in [-0.05, 0) is 35.1 Å². The summed E-state index contributed by atoms with van der Waals surface area (Å²) in [5.74, 6) is 0.886. The van der Waals surface area contributed by atoms with Crippen LogP contribution in [-0.2, 0) is 17.9 Å². The summed E-state index contributed by atoms with van der Waals surface area (Å²) in [7, 11) is 1.83. The number of nitrogens with zero attached hydrogens (tertiary/aromatic N) is 3. The molecule has 0 aliphatic heterocycles. The van der Waals surface area contributed by atoms with Gasteiger partial charge in [-0.15, -0.1) is 22.7 Å². The van der Waals surface area contributed by atoms with Gasteiger partial charge < -0.3 is 4.90 Å². The molecule has 3 aromatic rings. The van der Waals surface area contributed by atoms with E-state index in [-0.39, 0.29) is 5.91 Å². The summed E-state index contributed by atoms with van der Waals surface area (Å²) in [5, 5.41) is 11.1.